The van der Waals surface area contributed by atoms with E-state index in [1.165, 1.54) is 12.1 Å². The molecule has 1 amide bonds. The lowest BCUT2D eigenvalue weighted by Crippen LogP contribution is -2.45. The molecule has 0 saturated carbocycles. The zero-order valence-electron chi connectivity index (χ0n) is 16.9. The first kappa shape index (κ1) is 22.1. The summed E-state index contributed by atoms with van der Waals surface area (Å²) in [6, 6.07) is 23.6. The van der Waals surface area contributed by atoms with Gasteiger partial charge in [-0.05, 0) is 60.5 Å². The molecule has 0 aliphatic heterocycles. The largest absolute Gasteiger partial charge is 0.325 e. The number of carbonyl (C=O) groups is 1. The molecule has 0 fully saturated rings. The molecule has 0 saturated heterocycles. The summed E-state index contributed by atoms with van der Waals surface area (Å²) < 4.78 is 29.3. The number of nitrogens with one attached hydrogen (secondary N) is 2. The highest BCUT2D eigenvalue weighted by Gasteiger charge is 2.26. The molecule has 1 atom stereocenters. The average Bonchev–Trinajstić information content (AvgIpc) is 2.79. The predicted molar refractivity (Wildman–Crippen MR) is 129 cm³/mol. The monoisotopic (exact) mass is 509 g/mol. The highest BCUT2D eigenvalue weighted by molar-refractivity contribution is 9.10. The van der Waals surface area contributed by atoms with E-state index >= 15 is 0 Å². The van der Waals surface area contributed by atoms with Crippen molar-refractivity contribution >= 4 is 48.5 Å². The Morgan fingerprint density at radius 3 is 2.44 bits per heavy atom. The van der Waals surface area contributed by atoms with Gasteiger partial charge in [0.1, 0.15) is 6.04 Å². The number of carbonyl (C=O) groups excluding carboxylic acids is 1. The maximum Gasteiger partial charge on any atom is 0.242 e. The number of sulfonamides is 1. The zero-order valence-corrected chi connectivity index (χ0v) is 19.3. The van der Waals surface area contributed by atoms with Gasteiger partial charge in [-0.1, -0.05) is 52.3 Å². The summed E-state index contributed by atoms with van der Waals surface area (Å²) in [5, 5.41) is 3.71. The number of hydrogen-bond acceptors (Lipinski definition) is 4. The Bertz CT molecular complexity index is 1340. The topological polar surface area (TPSA) is 88.2 Å². The second-order valence-corrected chi connectivity index (χ2v) is 9.85. The van der Waals surface area contributed by atoms with Crippen molar-refractivity contribution in [3.8, 4) is 0 Å². The highest BCUT2D eigenvalue weighted by atomic mass is 79.9. The number of fused-ring (bicyclic) bond motifs is 1. The fourth-order valence-corrected chi connectivity index (χ4v) is 4.75. The van der Waals surface area contributed by atoms with E-state index < -0.39 is 22.0 Å². The van der Waals surface area contributed by atoms with Crippen LogP contribution in [0.15, 0.2) is 100 Å². The Kier molecular flexibility index (Phi) is 6.64. The minimum absolute atomic E-state index is 0.0864. The lowest BCUT2D eigenvalue weighted by atomic mass is 10.1. The first-order valence-corrected chi connectivity index (χ1v) is 12.2. The Morgan fingerprint density at radius 2 is 1.69 bits per heavy atom. The quantitative estimate of drug-likeness (QED) is 0.383. The van der Waals surface area contributed by atoms with Crippen LogP contribution in [0.3, 0.4) is 0 Å². The average molecular weight is 510 g/mol. The zero-order chi connectivity index (χ0) is 22.6. The van der Waals surface area contributed by atoms with Gasteiger partial charge in [-0.15, -0.1) is 0 Å². The Labute approximate surface area is 194 Å². The Balaban J connectivity index is 1.60. The summed E-state index contributed by atoms with van der Waals surface area (Å²) in [5.74, 6) is -0.446. The number of pyridine rings is 1. The van der Waals surface area contributed by atoms with Crippen molar-refractivity contribution in [2.45, 2.75) is 17.4 Å². The predicted octanol–water partition coefficient (Wildman–Crippen LogP) is 4.53. The molecule has 0 aliphatic carbocycles. The number of anilines is 1. The molecule has 8 heteroatoms. The van der Waals surface area contributed by atoms with Gasteiger partial charge in [0.05, 0.1) is 10.4 Å². The second-order valence-electron chi connectivity index (χ2n) is 7.22. The Hall–Kier alpha value is -3.07. The number of benzene rings is 3. The third kappa shape index (κ3) is 5.40. The third-order valence-electron chi connectivity index (χ3n) is 4.89. The van der Waals surface area contributed by atoms with Crippen LogP contribution in [0.1, 0.15) is 5.56 Å². The minimum Gasteiger partial charge on any atom is -0.325 e. The van der Waals surface area contributed by atoms with Crippen LogP contribution >= 0.6 is 15.9 Å². The molecule has 0 bridgehead atoms. The number of rotatable bonds is 7. The molecule has 3 aromatic carbocycles. The lowest BCUT2D eigenvalue weighted by molar-refractivity contribution is -0.117. The third-order valence-corrected chi connectivity index (χ3v) is 6.91. The normalized spacial score (nSPS) is 12.4. The molecular formula is C24H20BrN3O3S. The van der Waals surface area contributed by atoms with E-state index in [-0.39, 0.29) is 11.3 Å². The lowest BCUT2D eigenvalue weighted by Gasteiger charge is -2.19. The van der Waals surface area contributed by atoms with Crippen molar-refractivity contribution in [2.75, 3.05) is 5.32 Å². The van der Waals surface area contributed by atoms with Gasteiger partial charge in [-0.25, -0.2) is 8.42 Å². The van der Waals surface area contributed by atoms with Crippen molar-refractivity contribution in [1.29, 1.82) is 0 Å². The summed E-state index contributed by atoms with van der Waals surface area (Å²) in [7, 11) is -3.91. The summed E-state index contributed by atoms with van der Waals surface area (Å²) in [6.45, 7) is 0. The van der Waals surface area contributed by atoms with E-state index in [2.05, 4.69) is 31.0 Å². The van der Waals surface area contributed by atoms with E-state index in [1.807, 2.05) is 54.6 Å². The van der Waals surface area contributed by atoms with Crippen LogP contribution in [0, 0.1) is 0 Å². The van der Waals surface area contributed by atoms with Crippen molar-refractivity contribution in [1.82, 2.24) is 9.71 Å². The van der Waals surface area contributed by atoms with Crippen LogP contribution in [-0.4, -0.2) is 25.4 Å². The number of amides is 1. The van der Waals surface area contributed by atoms with E-state index in [0.29, 0.717) is 5.69 Å². The molecule has 1 heterocycles. The molecule has 1 unspecified atom stereocenters. The SMILES string of the molecule is O=C(Nc1ccc2ncccc2c1)C(Cc1ccccc1)NS(=O)(=O)c1ccc(Br)cc1. The van der Waals surface area contributed by atoms with E-state index in [1.54, 1.807) is 24.4 Å². The highest BCUT2D eigenvalue weighted by Crippen LogP contribution is 2.19. The molecule has 32 heavy (non-hydrogen) atoms. The van der Waals surface area contributed by atoms with E-state index in [0.717, 1.165) is 20.9 Å². The number of nitrogens with zero attached hydrogens (tertiary/aromatic N) is 1. The van der Waals surface area contributed by atoms with Crippen LogP contribution in [0.4, 0.5) is 5.69 Å². The molecular weight excluding hydrogens is 490 g/mol. The van der Waals surface area contributed by atoms with Crippen molar-refractivity contribution in [3.63, 3.8) is 0 Å². The van der Waals surface area contributed by atoms with Gasteiger partial charge < -0.3 is 5.32 Å². The smallest absolute Gasteiger partial charge is 0.242 e. The van der Waals surface area contributed by atoms with Gasteiger partial charge in [0.15, 0.2) is 0 Å². The van der Waals surface area contributed by atoms with Gasteiger partial charge in [-0.3, -0.25) is 9.78 Å². The van der Waals surface area contributed by atoms with Crippen molar-refractivity contribution < 1.29 is 13.2 Å². The second kappa shape index (κ2) is 9.60. The molecule has 1 aromatic heterocycles. The molecule has 4 aromatic rings. The maximum atomic E-state index is 13.2. The van der Waals surface area contributed by atoms with Crippen LogP contribution < -0.4 is 10.0 Å². The molecule has 0 aliphatic rings. The van der Waals surface area contributed by atoms with Crippen molar-refractivity contribution in [2.24, 2.45) is 0 Å². The van der Waals surface area contributed by atoms with Crippen LogP contribution in [-0.2, 0) is 21.2 Å². The van der Waals surface area contributed by atoms with Crippen molar-refractivity contribution in [3.05, 3.63) is 101 Å². The van der Waals surface area contributed by atoms with E-state index in [9.17, 15) is 13.2 Å². The number of halogens is 1. The molecule has 0 radical (unpaired) electrons. The van der Waals surface area contributed by atoms with Crippen LogP contribution in [0.25, 0.3) is 10.9 Å². The summed E-state index contributed by atoms with van der Waals surface area (Å²) >= 11 is 3.30. The first-order chi connectivity index (χ1) is 15.4. The molecule has 6 nitrogen and oxygen atoms in total. The minimum atomic E-state index is -3.91. The maximum absolute atomic E-state index is 13.2. The van der Waals surface area contributed by atoms with Gasteiger partial charge >= 0.3 is 0 Å². The molecule has 162 valence electrons. The summed E-state index contributed by atoms with van der Waals surface area (Å²) in [6.07, 6.45) is 1.91. The number of hydrogen-bond donors (Lipinski definition) is 2. The molecule has 2 N–H and O–H groups in total. The fraction of sp³-hybridized carbons (Fsp3) is 0.0833. The molecule has 0 spiro atoms. The fourth-order valence-electron chi connectivity index (χ4n) is 3.29. The van der Waals surface area contributed by atoms with E-state index in [4.69, 9.17) is 0 Å². The molecule has 4 rings (SSSR count). The Morgan fingerprint density at radius 1 is 0.938 bits per heavy atom. The number of aromatic nitrogens is 1. The van der Waals surface area contributed by atoms with Gasteiger partial charge in [0.25, 0.3) is 0 Å². The van der Waals surface area contributed by atoms with Gasteiger partial charge in [0.2, 0.25) is 15.9 Å². The van der Waals surface area contributed by atoms with Gasteiger partial charge in [0, 0.05) is 21.7 Å². The van der Waals surface area contributed by atoms with Crippen LogP contribution in [0.2, 0.25) is 0 Å². The first-order valence-electron chi connectivity index (χ1n) is 9.88. The van der Waals surface area contributed by atoms with Gasteiger partial charge in [-0.2, -0.15) is 4.72 Å². The summed E-state index contributed by atoms with van der Waals surface area (Å²) in [5.41, 5.74) is 2.22. The summed E-state index contributed by atoms with van der Waals surface area (Å²) in [4.78, 5) is 17.5. The standard InChI is InChI=1S/C24H20BrN3O3S/c25-19-8-11-21(12-9-19)32(30,31)28-23(15-17-5-2-1-3-6-17)24(29)27-20-10-13-22-18(16-20)7-4-14-26-22/h1-14,16,23,28H,15H2,(H,27,29). The van der Waals surface area contributed by atoms with Crippen LogP contribution in [0.5, 0.6) is 0 Å².